The summed E-state index contributed by atoms with van der Waals surface area (Å²) in [5.74, 6) is 0.730. The minimum atomic E-state index is -0.00631. The van der Waals surface area contributed by atoms with Crippen molar-refractivity contribution in [3.8, 4) is 0 Å². The summed E-state index contributed by atoms with van der Waals surface area (Å²) in [6.07, 6.45) is 2.08. The van der Waals surface area contributed by atoms with Gasteiger partial charge in [0, 0.05) is 12.1 Å². The predicted molar refractivity (Wildman–Crippen MR) is 78.6 cm³/mol. The Kier molecular flexibility index (Phi) is 6.90. The van der Waals surface area contributed by atoms with Crippen molar-refractivity contribution in [3.05, 3.63) is 0 Å². The first-order valence-electron chi connectivity index (χ1n) is 7.03. The third-order valence-electron chi connectivity index (χ3n) is 2.74. The number of rotatable bonds is 7. The summed E-state index contributed by atoms with van der Waals surface area (Å²) in [6, 6.07) is 0. The summed E-state index contributed by atoms with van der Waals surface area (Å²) in [7, 11) is 0. The van der Waals surface area contributed by atoms with Gasteiger partial charge in [-0.15, -0.1) is 0 Å². The zero-order valence-corrected chi connectivity index (χ0v) is 13.3. The molecule has 0 aliphatic rings. The van der Waals surface area contributed by atoms with Crippen LogP contribution in [-0.4, -0.2) is 24.5 Å². The number of hydrogen-bond donors (Lipinski definition) is 2. The lowest BCUT2D eigenvalue weighted by Gasteiger charge is -2.33. The van der Waals surface area contributed by atoms with Gasteiger partial charge in [-0.05, 0) is 38.0 Å². The van der Waals surface area contributed by atoms with Crippen LogP contribution in [0.4, 0.5) is 0 Å². The molecule has 0 radical (unpaired) electrons. The van der Waals surface area contributed by atoms with Gasteiger partial charge >= 0.3 is 0 Å². The molecule has 108 valence electrons. The minimum Gasteiger partial charge on any atom is -0.355 e. The summed E-state index contributed by atoms with van der Waals surface area (Å²) in [4.78, 5) is 11.7. The molecule has 0 unspecified atom stereocenters. The van der Waals surface area contributed by atoms with E-state index < -0.39 is 0 Å². The van der Waals surface area contributed by atoms with Gasteiger partial charge in [-0.3, -0.25) is 4.79 Å². The summed E-state index contributed by atoms with van der Waals surface area (Å²) in [5, 5.41) is 6.29. The molecule has 18 heavy (non-hydrogen) atoms. The maximum Gasteiger partial charge on any atom is 0.233 e. The molecule has 0 rings (SSSR count). The van der Waals surface area contributed by atoms with Gasteiger partial charge in [-0.25, -0.2) is 0 Å². The van der Waals surface area contributed by atoms with Gasteiger partial charge in [0.15, 0.2) is 0 Å². The number of carbonyl (C=O) groups excluding carboxylic acids is 1. The smallest absolute Gasteiger partial charge is 0.233 e. The second-order valence-corrected chi connectivity index (χ2v) is 7.51. The molecule has 0 atom stereocenters. The Balaban J connectivity index is 3.90. The topological polar surface area (TPSA) is 41.1 Å². The molecular weight excluding hydrogens is 224 g/mol. The van der Waals surface area contributed by atoms with Crippen LogP contribution in [0.3, 0.4) is 0 Å². The van der Waals surface area contributed by atoms with Crippen molar-refractivity contribution in [1.82, 2.24) is 10.6 Å². The second-order valence-electron chi connectivity index (χ2n) is 7.51. The molecule has 1 amide bonds. The van der Waals surface area contributed by atoms with Crippen LogP contribution < -0.4 is 10.6 Å². The summed E-state index contributed by atoms with van der Waals surface area (Å²) in [6.45, 7) is 16.5. The molecule has 0 heterocycles. The Hall–Kier alpha value is -0.570. The van der Waals surface area contributed by atoms with Crippen LogP contribution in [0.25, 0.3) is 0 Å². The Bertz CT molecular complexity index is 252. The third-order valence-corrected chi connectivity index (χ3v) is 2.74. The zero-order chi connectivity index (χ0) is 14.4. The largest absolute Gasteiger partial charge is 0.355 e. The van der Waals surface area contributed by atoms with E-state index in [2.05, 4.69) is 59.1 Å². The second kappa shape index (κ2) is 7.13. The quantitative estimate of drug-likeness (QED) is 0.735. The third kappa shape index (κ3) is 10.6. The zero-order valence-electron chi connectivity index (χ0n) is 13.3. The van der Waals surface area contributed by atoms with Gasteiger partial charge in [0.2, 0.25) is 5.91 Å². The van der Waals surface area contributed by atoms with Crippen molar-refractivity contribution in [1.29, 1.82) is 0 Å². The first-order valence-corrected chi connectivity index (χ1v) is 7.03. The standard InChI is InChI=1S/C15H32N2O/c1-12(2)8-9-16-13(18)10-17-15(6,7)11-14(3,4)5/h12,17H,8-11H2,1-7H3,(H,16,18). The average Bonchev–Trinajstić information content (AvgIpc) is 2.10. The van der Waals surface area contributed by atoms with Gasteiger partial charge in [-0.2, -0.15) is 0 Å². The molecular formula is C15H32N2O. The van der Waals surface area contributed by atoms with Crippen LogP contribution in [0.1, 0.15) is 61.3 Å². The van der Waals surface area contributed by atoms with Crippen molar-refractivity contribution < 1.29 is 4.79 Å². The van der Waals surface area contributed by atoms with E-state index in [1.54, 1.807) is 0 Å². The van der Waals surface area contributed by atoms with Gasteiger partial charge in [-0.1, -0.05) is 34.6 Å². The van der Waals surface area contributed by atoms with E-state index in [1.807, 2.05) is 0 Å². The summed E-state index contributed by atoms with van der Waals surface area (Å²) in [5.41, 5.74) is 0.262. The highest BCUT2D eigenvalue weighted by molar-refractivity contribution is 5.78. The molecule has 0 saturated carbocycles. The molecule has 0 aromatic heterocycles. The minimum absolute atomic E-state index is 0.00631. The number of nitrogens with one attached hydrogen (secondary N) is 2. The number of hydrogen-bond acceptors (Lipinski definition) is 2. The predicted octanol–water partition coefficient (Wildman–Crippen LogP) is 2.95. The first kappa shape index (κ1) is 17.4. The molecule has 0 aromatic carbocycles. The van der Waals surface area contributed by atoms with Crippen LogP contribution in [-0.2, 0) is 4.79 Å². The van der Waals surface area contributed by atoms with E-state index >= 15 is 0 Å². The molecule has 0 fully saturated rings. The van der Waals surface area contributed by atoms with Crippen molar-refractivity contribution in [2.45, 2.75) is 66.8 Å². The molecule has 2 N–H and O–H groups in total. The lowest BCUT2D eigenvalue weighted by atomic mass is 9.82. The highest BCUT2D eigenvalue weighted by Crippen LogP contribution is 2.26. The van der Waals surface area contributed by atoms with Crippen molar-refractivity contribution in [2.24, 2.45) is 11.3 Å². The fourth-order valence-corrected chi connectivity index (χ4v) is 2.27. The lowest BCUT2D eigenvalue weighted by Crippen LogP contribution is -2.47. The van der Waals surface area contributed by atoms with E-state index in [4.69, 9.17) is 0 Å². The van der Waals surface area contributed by atoms with E-state index in [0.29, 0.717) is 12.5 Å². The highest BCUT2D eigenvalue weighted by Gasteiger charge is 2.25. The Morgan fingerprint density at radius 2 is 1.67 bits per heavy atom. The van der Waals surface area contributed by atoms with Crippen LogP contribution in [0.5, 0.6) is 0 Å². The van der Waals surface area contributed by atoms with Gasteiger partial charge in [0.1, 0.15) is 0 Å². The molecule has 0 bridgehead atoms. The Labute approximate surface area is 113 Å². The van der Waals surface area contributed by atoms with Gasteiger partial charge in [0.25, 0.3) is 0 Å². The number of carbonyl (C=O) groups is 1. The van der Waals surface area contributed by atoms with Crippen molar-refractivity contribution in [3.63, 3.8) is 0 Å². The summed E-state index contributed by atoms with van der Waals surface area (Å²) >= 11 is 0. The summed E-state index contributed by atoms with van der Waals surface area (Å²) < 4.78 is 0. The van der Waals surface area contributed by atoms with E-state index in [9.17, 15) is 4.79 Å². The van der Waals surface area contributed by atoms with Crippen LogP contribution in [0.2, 0.25) is 0 Å². The fraction of sp³-hybridized carbons (Fsp3) is 0.933. The average molecular weight is 256 g/mol. The van der Waals surface area contributed by atoms with Crippen molar-refractivity contribution in [2.75, 3.05) is 13.1 Å². The highest BCUT2D eigenvalue weighted by atomic mass is 16.1. The molecule has 0 aliphatic carbocycles. The lowest BCUT2D eigenvalue weighted by molar-refractivity contribution is -0.120. The van der Waals surface area contributed by atoms with Crippen LogP contribution in [0, 0.1) is 11.3 Å². The molecule has 0 spiro atoms. The Morgan fingerprint density at radius 1 is 1.11 bits per heavy atom. The number of amides is 1. The van der Waals surface area contributed by atoms with Crippen LogP contribution in [0.15, 0.2) is 0 Å². The maximum atomic E-state index is 11.7. The van der Waals surface area contributed by atoms with E-state index in [-0.39, 0.29) is 16.9 Å². The Morgan fingerprint density at radius 3 is 2.11 bits per heavy atom. The molecule has 3 heteroatoms. The molecule has 0 aromatic rings. The SMILES string of the molecule is CC(C)CCNC(=O)CNC(C)(C)CC(C)(C)C. The first-order chi connectivity index (χ1) is 8.02. The molecule has 3 nitrogen and oxygen atoms in total. The fourth-order valence-electron chi connectivity index (χ4n) is 2.27. The van der Waals surface area contributed by atoms with Crippen LogP contribution >= 0.6 is 0 Å². The maximum absolute atomic E-state index is 11.7. The van der Waals surface area contributed by atoms with Gasteiger partial charge < -0.3 is 10.6 Å². The monoisotopic (exact) mass is 256 g/mol. The van der Waals surface area contributed by atoms with E-state index in [1.165, 1.54) is 0 Å². The normalized spacial score (nSPS) is 12.9. The van der Waals surface area contributed by atoms with Gasteiger partial charge in [0.05, 0.1) is 6.54 Å². The molecule has 0 aliphatic heterocycles. The molecule has 0 saturated heterocycles. The van der Waals surface area contributed by atoms with E-state index in [0.717, 1.165) is 19.4 Å². The van der Waals surface area contributed by atoms with Crippen molar-refractivity contribution >= 4 is 5.91 Å².